The van der Waals surface area contributed by atoms with Gasteiger partial charge in [-0.3, -0.25) is 0 Å². The molecule has 0 spiro atoms. The third kappa shape index (κ3) is 6.51. The molecule has 4 aromatic rings. The van der Waals surface area contributed by atoms with Crippen molar-refractivity contribution >= 4 is 32.3 Å². The Balaban J connectivity index is 2.11. The molecule has 6 heteroatoms. The average Bonchev–Trinajstić information content (AvgIpc) is 3.02. The van der Waals surface area contributed by atoms with E-state index in [0.717, 1.165) is 0 Å². The van der Waals surface area contributed by atoms with Crippen molar-refractivity contribution in [2.75, 3.05) is 42.7 Å². The van der Waals surface area contributed by atoms with Gasteiger partial charge in [0, 0.05) is 68.7 Å². The predicted octanol–water partition coefficient (Wildman–Crippen LogP) is 6.17. The number of benzene rings is 3. The van der Waals surface area contributed by atoms with Gasteiger partial charge in [0.05, 0.1) is 42.7 Å². The molecule has 0 bridgehead atoms. The number of fused-ring (bicyclic) bond motifs is 3. The molecule has 0 aromatic heterocycles. The lowest BCUT2D eigenvalue weighted by atomic mass is 10.1. The van der Waals surface area contributed by atoms with Gasteiger partial charge in [0.15, 0.2) is 34.5 Å². The number of hydrogen-bond acceptors (Lipinski definition) is 6. The second-order valence-corrected chi connectivity index (χ2v) is 8.26. The van der Waals surface area contributed by atoms with Gasteiger partial charge in [0.1, 0.15) is 0 Å². The van der Waals surface area contributed by atoms with Crippen LogP contribution in [-0.4, -0.2) is 42.7 Å². The third-order valence-electron chi connectivity index (χ3n) is 5.94. The lowest BCUT2D eigenvalue weighted by molar-refractivity contribution is 0.356. The Morgan fingerprint density at radius 2 is 0.429 bits per heavy atom. The monoisotopic (exact) mass is 552 g/mol. The first kappa shape index (κ1) is 28.8. The van der Waals surface area contributed by atoms with Crippen LogP contribution in [0.15, 0.2) is 36.4 Å². The first-order valence-electron chi connectivity index (χ1n) is 12.4. The minimum atomic E-state index is 0.513. The zero-order chi connectivity index (χ0) is 29.9. The minimum Gasteiger partial charge on any atom is -0.493 e. The molecule has 0 N–H and O–H groups in total. The van der Waals surface area contributed by atoms with Crippen molar-refractivity contribution in [3.63, 3.8) is 0 Å². The molecule has 4 aromatic carbocycles. The maximum Gasteiger partial charge on any atom is 0.162 e. The minimum absolute atomic E-state index is 0.513. The summed E-state index contributed by atoms with van der Waals surface area (Å²) in [6.07, 6.45) is 0. The molecule has 4 rings (SSSR count). The van der Waals surface area contributed by atoms with Crippen LogP contribution in [0.25, 0.3) is 32.3 Å². The summed E-state index contributed by atoms with van der Waals surface area (Å²) in [4.78, 5) is 0. The van der Waals surface area contributed by atoms with Gasteiger partial charge in [-0.15, -0.1) is 0 Å². The molecule has 0 saturated heterocycles. The molecule has 0 aliphatic carbocycles. The fraction of sp³-hybridized carbons (Fsp3) is 0.167. The van der Waals surface area contributed by atoms with Crippen molar-refractivity contribution in [3.8, 4) is 34.5 Å². The zero-order valence-corrected chi connectivity index (χ0v) is 23.9. The molecule has 0 aliphatic rings. The molecule has 0 atom stereocenters. The maximum absolute atomic E-state index is 5.46. The Bertz CT molecular complexity index is 1430. The van der Waals surface area contributed by atoms with Crippen LogP contribution in [0.1, 0.15) is 0 Å². The molecule has 0 radical (unpaired) electrons. The molecule has 0 saturated carbocycles. The molecular formula is C36H24O6. The first-order valence-corrected chi connectivity index (χ1v) is 12.4. The largest absolute Gasteiger partial charge is 0.493 e. The highest BCUT2D eigenvalue weighted by atomic mass is 16.5. The van der Waals surface area contributed by atoms with Crippen molar-refractivity contribution in [3.05, 3.63) is 109 Å². The van der Waals surface area contributed by atoms with Crippen molar-refractivity contribution < 1.29 is 28.4 Å². The molecule has 0 heterocycles. The van der Waals surface area contributed by atoms with Crippen LogP contribution in [0.2, 0.25) is 0 Å². The van der Waals surface area contributed by atoms with E-state index < -0.39 is 0 Å². The quantitative estimate of drug-likeness (QED) is 0.285. The van der Waals surface area contributed by atoms with E-state index in [1.54, 1.807) is 79.1 Å². The fourth-order valence-electron chi connectivity index (χ4n) is 3.85. The fourth-order valence-corrected chi connectivity index (χ4v) is 3.85. The highest BCUT2D eigenvalue weighted by Gasteiger charge is 2.06. The molecule has 0 unspecified atom stereocenters. The van der Waals surface area contributed by atoms with Crippen molar-refractivity contribution in [1.82, 2.24) is 0 Å². The second-order valence-electron chi connectivity index (χ2n) is 8.26. The number of methoxy groups -OCH3 is 6. The summed E-state index contributed by atoms with van der Waals surface area (Å²) in [6.45, 7) is 0. The Kier molecular flexibility index (Phi) is 9.43. The topological polar surface area (TPSA) is 55.4 Å². The number of hydrogen-bond donors (Lipinski definition) is 0. The lowest BCUT2D eigenvalue weighted by Crippen LogP contribution is -1.89. The van der Waals surface area contributed by atoms with E-state index in [1.165, 1.54) is 0 Å². The van der Waals surface area contributed by atoms with Crippen molar-refractivity contribution in [1.29, 1.82) is 0 Å². The van der Waals surface area contributed by atoms with Gasteiger partial charge < -0.3 is 28.4 Å². The van der Waals surface area contributed by atoms with E-state index in [-0.39, 0.29) is 0 Å². The van der Waals surface area contributed by atoms with E-state index in [9.17, 15) is 0 Å². The summed E-state index contributed by atoms with van der Waals surface area (Å²) in [6, 6.07) is 46.2. The van der Waals surface area contributed by atoms with Gasteiger partial charge >= 0.3 is 0 Å². The molecular weight excluding hydrogens is 528 g/mol. The van der Waals surface area contributed by atoms with E-state index >= 15 is 0 Å². The summed E-state index contributed by atoms with van der Waals surface area (Å²) < 4.78 is 32.8. The lowest BCUT2D eigenvalue weighted by Gasteiger charge is -2.06. The normalized spacial score (nSPS) is 9.00. The summed E-state index contributed by atoms with van der Waals surface area (Å²) >= 11 is 0. The molecule has 0 aliphatic heterocycles. The Morgan fingerprint density at radius 3 is 0.548 bits per heavy atom. The summed E-state index contributed by atoms with van der Waals surface area (Å²) in [5.74, 6) is 3.08. The van der Waals surface area contributed by atoms with Crippen LogP contribution >= 0.6 is 0 Å². The van der Waals surface area contributed by atoms with Crippen LogP contribution in [0.4, 0.5) is 0 Å². The zero-order valence-electron chi connectivity index (χ0n) is 23.9. The molecule has 6 nitrogen and oxygen atoms in total. The summed E-state index contributed by atoms with van der Waals surface area (Å²) in [5.41, 5.74) is 0. The van der Waals surface area contributed by atoms with E-state index in [4.69, 9.17) is 28.4 Å². The van der Waals surface area contributed by atoms with Crippen LogP contribution in [0, 0.1) is 72.8 Å². The van der Waals surface area contributed by atoms with Gasteiger partial charge in [-0.25, -0.2) is 0 Å². The second kappa shape index (κ2) is 13.7. The van der Waals surface area contributed by atoms with Crippen LogP contribution in [0.3, 0.4) is 0 Å². The number of rotatable bonds is 6. The Labute approximate surface area is 246 Å². The van der Waals surface area contributed by atoms with Gasteiger partial charge in [0.2, 0.25) is 0 Å². The van der Waals surface area contributed by atoms with Crippen molar-refractivity contribution in [2.45, 2.75) is 0 Å². The van der Waals surface area contributed by atoms with Gasteiger partial charge in [-0.05, 0) is 36.4 Å². The average molecular weight is 553 g/mol. The van der Waals surface area contributed by atoms with Crippen molar-refractivity contribution in [2.24, 2.45) is 0 Å². The molecule has 0 fully saturated rings. The SMILES string of the molecule is COc1cc2c#cc#cc3cc(OC)c(OC)cc3c#cc#cc3cc(OC)c(OC)cc3c#cc#cc2cc1OC. The summed E-state index contributed by atoms with van der Waals surface area (Å²) in [7, 11) is 9.33. The van der Waals surface area contributed by atoms with Gasteiger partial charge in [-0.1, -0.05) is 36.4 Å². The van der Waals surface area contributed by atoms with Gasteiger partial charge in [-0.2, -0.15) is 0 Å². The third-order valence-corrected chi connectivity index (χ3v) is 5.94. The summed E-state index contributed by atoms with van der Waals surface area (Å²) in [5, 5.41) is 3.60. The highest BCUT2D eigenvalue weighted by Crippen LogP contribution is 2.32. The predicted molar refractivity (Wildman–Crippen MR) is 157 cm³/mol. The van der Waals surface area contributed by atoms with Crippen LogP contribution < -0.4 is 28.4 Å². The van der Waals surface area contributed by atoms with E-state index in [1.807, 2.05) is 0 Å². The number of ether oxygens (including phenoxy) is 6. The van der Waals surface area contributed by atoms with Crippen LogP contribution in [-0.2, 0) is 0 Å². The standard InChI is InChI=1S/C36H24O6/c1-37-31-19-25-13-7-8-15-27-21-33(39-3)35(41-5)23-29(27)17-11-12-18-30-24-36(42-6)34(40-4)22-28(30)16-10-9-14-26(25)20-32(31)38-2/h19-24H,1-6H3. The smallest absolute Gasteiger partial charge is 0.162 e. The van der Waals surface area contributed by atoms with Gasteiger partial charge in [0.25, 0.3) is 0 Å². The highest BCUT2D eigenvalue weighted by molar-refractivity contribution is 5.84. The Hall–Kier alpha value is -6.18. The maximum atomic E-state index is 5.46. The molecule has 42 heavy (non-hydrogen) atoms. The Morgan fingerprint density at radius 1 is 0.286 bits per heavy atom. The molecule has 204 valence electrons. The van der Waals surface area contributed by atoms with E-state index in [2.05, 4.69) is 72.8 Å². The molecule has 0 amide bonds. The van der Waals surface area contributed by atoms with Crippen LogP contribution in [0.5, 0.6) is 34.5 Å². The van der Waals surface area contributed by atoms with E-state index in [0.29, 0.717) is 66.8 Å². The first-order chi connectivity index (χ1) is 20.5.